The number of nitriles is 1. The maximum Gasteiger partial charge on any atom is 0.266 e. The monoisotopic (exact) mass is 348 g/mol. The summed E-state index contributed by atoms with van der Waals surface area (Å²) in [4.78, 5) is 16.2. The Morgan fingerprint density at radius 3 is 2.24 bits per heavy atom. The molecule has 3 aromatic rings. The molecule has 0 aliphatic carbocycles. The van der Waals surface area contributed by atoms with Crippen molar-refractivity contribution in [3.63, 3.8) is 0 Å². The van der Waals surface area contributed by atoms with Crippen LogP contribution < -0.4 is 10.3 Å². The van der Waals surface area contributed by atoms with Gasteiger partial charge in [-0.2, -0.15) is 5.26 Å². The van der Waals surface area contributed by atoms with E-state index in [-0.39, 0.29) is 5.56 Å². The van der Waals surface area contributed by atoms with Crippen LogP contribution in [0, 0.1) is 11.3 Å². The Balaban J connectivity index is 2.20. The van der Waals surface area contributed by atoms with Crippen LogP contribution in [0.3, 0.4) is 0 Å². The van der Waals surface area contributed by atoms with E-state index in [4.69, 9.17) is 4.74 Å². The summed E-state index contributed by atoms with van der Waals surface area (Å²) in [5.41, 5.74) is 3.00. The summed E-state index contributed by atoms with van der Waals surface area (Å²) in [7, 11) is 1.61. The van der Waals surface area contributed by atoms with Crippen molar-refractivity contribution >= 4 is 11.8 Å². The zero-order chi connectivity index (χ0) is 17.8. The average Bonchev–Trinajstić information content (AvgIpc) is 2.68. The Morgan fingerprint density at radius 2 is 1.68 bits per heavy atom. The van der Waals surface area contributed by atoms with Gasteiger partial charge < -0.3 is 9.72 Å². The first-order chi connectivity index (χ1) is 12.2. The third kappa shape index (κ3) is 3.44. The molecule has 0 fully saturated rings. The Hall–Kier alpha value is -2.97. The Labute approximate surface area is 150 Å². The molecule has 0 spiro atoms. The molecule has 1 aromatic heterocycles. The minimum Gasteiger partial charge on any atom is -0.497 e. The average molecular weight is 348 g/mol. The second-order valence-corrected chi connectivity index (χ2v) is 6.25. The fraction of sp³-hybridized carbons (Fsp3) is 0.100. The Morgan fingerprint density at radius 1 is 1.04 bits per heavy atom. The van der Waals surface area contributed by atoms with E-state index in [1.165, 1.54) is 0 Å². The van der Waals surface area contributed by atoms with Crippen molar-refractivity contribution in [2.45, 2.75) is 4.90 Å². The second kappa shape index (κ2) is 7.29. The molecule has 0 saturated heterocycles. The number of ether oxygens (including phenoxy) is 1. The van der Waals surface area contributed by atoms with Crippen LogP contribution in [0.2, 0.25) is 0 Å². The number of nitrogens with zero attached hydrogens (tertiary/aromatic N) is 1. The van der Waals surface area contributed by atoms with Crippen molar-refractivity contribution in [2.24, 2.45) is 0 Å². The van der Waals surface area contributed by atoms with Crippen molar-refractivity contribution in [1.82, 2.24) is 4.98 Å². The molecule has 0 atom stereocenters. The lowest BCUT2D eigenvalue weighted by atomic mass is 9.98. The first-order valence-electron chi connectivity index (χ1n) is 7.62. The van der Waals surface area contributed by atoms with Crippen LogP contribution in [0.5, 0.6) is 5.75 Å². The van der Waals surface area contributed by atoms with Gasteiger partial charge in [-0.25, -0.2) is 0 Å². The van der Waals surface area contributed by atoms with Crippen LogP contribution in [0.4, 0.5) is 0 Å². The highest BCUT2D eigenvalue weighted by Crippen LogP contribution is 2.32. The SMILES string of the molecule is COc1ccc(-c2[nH]c(=O)c(C#N)cc2-c2ccc(SC)cc2)cc1. The predicted octanol–water partition coefficient (Wildman–Crippen LogP) is 4.31. The molecule has 0 amide bonds. The van der Waals surface area contributed by atoms with Gasteiger partial charge in [-0.15, -0.1) is 11.8 Å². The van der Waals surface area contributed by atoms with E-state index in [0.29, 0.717) is 5.69 Å². The van der Waals surface area contributed by atoms with Gasteiger partial charge in [-0.05, 0) is 59.8 Å². The van der Waals surface area contributed by atoms with Crippen molar-refractivity contribution < 1.29 is 4.74 Å². The number of hydrogen-bond donors (Lipinski definition) is 1. The summed E-state index contributed by atoms with van der Waals surface area (Å²) in [6.45, 7) is 0. The molecule has 3 rings (SSSR count). The molecule has 4 nitrogen and oxygen atoms in total. The maximum absolute atomic E-state index is 12.1. The van der Waals surface area contributed by atoms with Crippen LogP contribution in [0.15, 0.2) is 64.3 Å². The summed E-state index contributed by atoms with van der Waals surface area (Å²) < 4.78 is 5.19. The van der Waals surface area contributed by atoms with Crippen molar-refractivity contribution in [1.29, 1.82) is 5.26 Å². The van der Waals surface area contributed by atoms with Crippen molar-refractivity contribution in [2.75, 3.05) is 13.4 Å². The number of aromatic nitrogens is 1. The number of pyridine rings is 1. The largest absolute Gasteiger partial charge is 0.497 e. The fourth-order valence-electron chi connectivity index (χ4n) is 2.60. The molecular formula is C20H16N2O2S. The fourth-order valence-corrected chi connectivity index (χ4v) is 3.01. The zero-order valence-electron chi connectivity index (χ0n) is 13.9. The molecule has 1 N–H and O–H groups in total. The Kier molecular flexibility index (Phi) is 4.92. The number of benzene rings is 2. The Bertz CT molecular complexity index is 984. The van der Waals surface area contributed by atoms with Crippen LogP contribution >= 0.6 is 11.8 Å². The topological polar surface area (TPSA) is 65.9 Å². The minimum absolute atomic E-state index is 0.0983. The number of hydrogen-bond acceptors (Lipinski definition) is 4. The highest BCUT2D eigenvalue weighted by Gasteiger charge is 2.12. The number of rotatable bonds is 4. The van der Waals surface area contributed by atoms with Crippen LogP contribution in [0.25, 0.3) is 22.4 Å². The van der Waals surface area contributed by atoms with Crippen LogP contribution in [-0.4, -0.2) is 18.3 Å². The highest BCUT2D eigenvalue weighted by atomic mass is 32.2. The molecule has 0 aliphatic rings. The quantitative estimate of drug-likeness (QED) is 0.714. The summed E-state index contributed by atoms with van der Waals surface area (Å²) in [6.07, 6.45) is 2.02. The van der Waals surface area contributed by atoms with E-state index >= 15 is 0 Å². The van der Waals surface area contributed by atoms with E-state index in [0.717, 1.165) is 27.3 Å². The van der Waals surface area contributed by atoms with Gasteiger partial charge in [-0.3, -0.25) is 4.79 Å². The molecule has 5 heteroatoms. The van der Waals surface area contributed by atoms with Crippen molar-refractivity contribution in [3.8, 4) is 34.2 Å². The number of thioether (sulfide) groups is 1. The summed E-state index contributed by atoms with van der Waals surface area (Å²) in [6, 6.07) is 19.1. The van der Waals surface area contributed by atoms with Gasteiger partial charge in [0.05, 0.1) is 12.8 Å². The summed E-state index contributed by atoms with van der Waals surface area (Å²) in [5.74, 6) is 0.741. The molecule has 2 aromatic carbocycles. The first kappa shape index (κ1) is 16.9. The molecular weight excluding hydrogens is 332 g/mol. The smallest absolute Gasteiger partial charge is 0.266 e. The predicted molar refractivity (Wildman–Crippen MR) is 101 cm³/mol. The number of nitrogens with one attached hydrogen (secondary N) is 1. The van der Waals surface area contributed by atoms with Gasteiger partial charge >= 0.3 is 0 Å². The van der Waals surface area contributed by atoms with E-state index in [9.17, 15) is 10.1 Å². The number of aromatic amines is 1. The second-order valence-electron chi connectivity index (χ2n) is 5.37. The van der Waals surface area contributed by atoms with Gasteiger partial charge in [0.1, 0.15) is 17.4 Å². The molecule has 0 unspecified atom stereocenters. The van der Waals surface area contributed by atoms with Gasteiger partial charge in [0.2, 0.25) is 0 Å². The van der Waals surface area contributed by atoms with E-state index in [1.54, 1.807) is 24.9 Å². The highest BCUT2D eigenvalue weighted by molar-refractivity contribution is 7.98. The third-order valence-electron chi connectivity index (χ3n) is 3.94. The molecule has 124 valence electrons. The summed E-state index contributed by atoms with van der Waals surface area (Å²) >= 11 is 1.66. The molecule has 0 saturated carbocycles. The maximum atomic E-state index is 12.1. The lowest BCUT2D eigenvalue weighted by Gasteiger charge is -2.11. The van der Waals surface area contributed by atoms with E-state index in [2.05, 4.69) is 4.98 Å². The van der Waals surface area contributed by atoms with Crippen LogP contribution in [-0.2, 0) is 0 Å². The van der Waals surface area contributed by atoms with E-state index in [1.807, 2.05) is 60.9 Å². The van der Waals surface area contributed by atoms with E-state index < -0.39 is 5.56 Å². The standard InChI is InChI=1S/C20H16N2O2S/c1-24-16-7-3-14(4-8-16)19-18(11-15(12-21)20(23)22-19)13-5-9-17(25-2)10-6-13/h3-11H,1-2H3,(H,22,23). The molecule has 0 bridgehead atoms. The van der Waals surface area contributed by atoms with Gasteiger partial charge in [0.15, 0.2) is 0 Å². The zero-order valence-corrected chi connectivity index (χ0v) is 14.7. The van der Waals surface area contributed by atoms with Gasteiger partial charge in [0, 0.05) is 10.5 Å². The lowest BCUT2D eigenvalue weighted by Crippen LogP contribution is -2.11. The van der Waals surface area contributed by atoms with Crippen molar-refractivity contribution in [3.05, 3.63) is 70.5 Å². The first-order valence-corrected chi connectivity index (χ1v) is 8.85. The number of methoxy groups -OCH3 is 1. The molecule has 0 aliphatic heterocycles. The molecule has 25 heavy (non-hydrogen) atoms. The third-order valence-corrected chi connectivity index (χ3v) is 4.68. The van der Waals surface area contributed by atoms with Gasteiger partial charge in [-0.1, -0.05) is 12.1 Å². The normalized spacial score (nSPS) is 10.3. The molecule has 1 heterocycles. The van der Waals surface area contributed by atoms with Crippen LogP contribution in [0.1, 0.15) is 5.56 Å². The lowest BCUT2D eigenvalue weighted by molar-refractivity contribution is 0.415. The number of H-pyrrole nitrogens is 1. The molecule has 0 radical (unpaired) electrons. The van der Waals surface area contributed by atoms with Gasteiger partial charge in [0.25, 0.3) is 5.56 Å². The summed E-state index contributed by atoms with van der Waals surface area (Å²) in [5, 5.41) is 9.21. The minimum atomic E-state index is -0.391.